The third-order valence-corrected chi connectivity index (χ3v) is 4.22. The number of carbonyl (C=O) groups excluding carboxylic acids is 1. The Kier molecular flexibility index (Phi) is 4.85. The van der Waals surface area contributed by atoms with Gasteiger partial charge in [0.25, 0.3) is 0 Å². The fourth-order valence-electron chi connectivity index (χ4n) is 2.10. The lowest BCUT2D eigenvalue weighted by Gasteiger charge is -2.08. The Labute approximate surface area is 142 Å². The molecule has 124 valence electrons. The Morgan fingerprint density at radius 3 is 2.75 bits per heavy atom. The molecule has 0 saturated carbocycles. The van der Waals surface area contributed by atoms with Gasteiger partial charge in [0.15, 0.2) is 11.0 Å². The average molecular weight is 345 g/mol. The summed E-state index contributed by atoms with van der Waals surface area (Å²) in [5, 5.41) is 18.4. The van der Waals surface area contributed by atoms with Crippen molar-refractivity contribution in [2.75, 3.05) is 12.9 Å². The Hall–Kier alpha value is -2.74. The van der Waals surface area contributed by atoms with Gasteiger partial charge in [0, 0.05) is 5.56 Å². The van der Waals surface area contributed by atoms with E-state index in [0.29, 0.717) is 17.5 Å². The van der Waals surface area contributed by atoms with Crippen LogP contribution in [0.1, 0.15) is 5.76 Å². The zero-order valence-electron chi connectivity index (χ0n) is 12.9. The maximum Gasteiger partial charge on any atom is 0.316 e. The van der Waals surface area contributed by atoms with E-state index in [0.717, 1.165) is 11.3 Å². The summed E-state index contributed by atoms with van der Waals surface area (Å²) in [6, 6.07) is 10.3. The maximum absolute atomic E-state index is 11.4. The fourth-order valence-corrected chi connectivity index (χ4v) is 2.87. The second-order valence-corrected chi connectivity index (χ2v) is 5.83. The van der Waals surface area contributed by atoms with Crippen molar-refractivity contribution < 1.29 is 19.1 Å². The van der Waals surface area contributed by atoms with Crippen LogP contribution in [0.3, 0.4) is 0 Å². The SMILES string of the molecule is COC(=O)CSc1nnc(-c2ccc(O)cc2)n1Cc1ccco1. The number of esters is 1. The average Bonchev–Trinajstić information content (AvgIpc) is 3.24. The summed E-state index contributed by atoms with van der Waals surface area (Å²) < 4.78 is 11.9. The van der Waals surface area contributed by atoms with Gasteiger partial charge in [-0.1, -0.05) is 11.8 Å². The fraction of sp³-hybridized carbons (Fsp3) is 0.188. The molecule has 0 radical (unpaired) electrons. The first-order chi connectivity index (χ1) is 11.7. The Morgan fingerprint density at radius 2 is 2.08 bits per heavy atom. The molecular formula is C16H15N3O4S. The van der Waals surface area contributed by atoms with E-state index in [-0.39, 0.29) is 17.5 Å². The van der Waals surface area contributed by atoms with Crippen molar-refractivity contribution >= 4 is 17.7 Å². The molecule has 0 atom stereocenters. The van der Waals surface area contributed by atoms with Crippen LogP contribution in [-0.2, 0) is 16.1 Å². The molecule has 0 aliphatic rings. The molecule has 1 N–H and O–H groups in total. The number of phenolic OH excluding ortho intramolecular Hbond substituents is 1. The van der Waals surface area contributed by atoms with Gasteiger partial charge in [-0.3, -0.25) is 9.36 Å². The van der Waals surface area contributed by atoms with Gasteiger partial charge in [0.05, 0.1) is 25.7 Å². The summed E-state index contributed by atoms with van der Waals surface area (Å²) in [4.78, 5) is 11.4. The van der Waals surface area contributed by atoms with Crippen LogP contribution in [0.5, 0.6) is 5.75 Å². The van der Waals surface area contributed by atoms with Crippen LogP contribution >= 0.6 is 11.8 Å². The molecule has 7 nitrogen and oxygen atoms in total. The number of nitrogens with zero attached hydrogens (tertiary/aromatic N) is 3. The highest BCUT2D eigenvalue weighted by molar-refractivity contribution is 7.99. The lowest BCUT2D eigenvalue weighted by molar-refractivity contribution is -0.137. The number of hydrogen-bond donors (Lipinski definition) is 1. The summed E-state index contributed by atoms with van der Waals surface area (Å²) >= 11 is 1.24. The number of benzene rings is 1. The molecule has 0 saturated heterocycles. The van der Waals surface area contributed by atoms with E-state index in [9.17, 15) is 9.90 Å². The minimum atomic E-state index is -0.335. The van der Waals surface area contributed by atoms with Crippen LogP contribution < -0.4 is 0 Å². The number of hydrogen-bond acceptors (Lipinski definition) is 7. The van der Waals surface area contributed by atoms with E-state index < -0.39 is 0 Å². The highest BCUT2D eigenvalue weighted by Gasteiger charge is 2.17. The third kappa shape index (κ3) is 3.60. The van der Waals surface area contributed by atoms with E-state index in [4.69, 9.17) is 4.42 Å². The van der Waals surface area contributed by atoms with Gasteiger partial charge >= 0.3 is 5.97 Å². The number of phenols is 1. The van der Waals surface area contributed by atoms with Crippen molar-refractivity contribution in [2.45, 2.75) is 11.7 Å². The molecule has 24 heavy (non-hydrogen) atoms. The van der Waals surface area contributed by atoms with Gasteiger partial charge in [-0.05, 0) is 36.4 Å². The maximum atomic E-state index is 11.4. The zero-order valence-corrected chi connectivity index (χ0v) is 13.7. The molecule has 3 aromatic rings. The summed E-state index contributed by atoms with van der Waals surface area (Å²) in [6.45, 7) is 0.430. The predicted octanol–water partition coefficient (Wildman–Crippen LogP) is 2.56. The van der Waals surface area contributed by atoms with Gasteiger partial charge in [-0.25, -0.2) is 0 Å². The number of furan rings is 1. The number of methoxy groups -OCH3 is 1. The summed E-state index contributed by atoms with van der Waals surface area (Å²) in [7, 11) is 1.35. The molecule has 3 rings (SSSR count). The molecule has 2 heterocycles. The smallest absolute Gasteiger partial charge is 0.316 e. The molecule has 0 aliphatic carbocycles. The molecule has 0 unspecified atom stereocenters. The minimum absolute atomic E-state index is 0.141. The first kappa shape index (κ1) is 16.1. The third-order valence-electron chi connectivity index (χ3n) is 3.28. The molecule has 2 aromatic heterocycles. The molecule has 0 amide bonds. The number of aromatic nitrogens is 3. The van der Waals surface area contributed by atoms with Gasteiger partial charge in [0.2, 0.25) is 0 Å². The van der Waals surface area contributed by atoms with E-state index >= 15 is 0 Å². The Bertz CT molecular complexity index is 812. The topological polar surface area (TPSA) is 90.4 Å². The molecular weight excluding hydrogens is 330 g/mol. The molecule has 1 aromatic carbocycles. The number of ether oxygens (including phenoxy) is 1. The van der Waals surface area contributed by atoms with Gasteiger partial charge < -0.3 is 14.3 Å². The lowest BCUT2D eigenvalue weighted by Crippen LogP contribution is -2.07. The van der Waals surface area contributed by atoms with Gasteiger partial charge in [0.1, 0.15) is 11.5 Å². The largest absolute Gasteiger partial charge is 0.508 e. The summed E-state index contributed by atoms with van der Waals surface area (Å²) in [5.74, 6) is 1.35. The van der Waals surface area contributed by atoms with Gasteiger partial charge in [-0.2, -0.15) is 0 Å². The Balaban J connectivity index is 1.93. The van der Waals surface area contributed by atoms with Crippen LogP contribution in [0.4, 0.5) is 0 Å². The van der Waals surface area contributed by atoms with Crippen LogP contribution in [0, 0.1) is 0 Å². The standard InChI is InChI=1S/C16H15N3O4S/c1-22-14(21)10-24-16-18-17-15(11-4-6-12(20)7-5-11)19(16)9-13-3-2-8-23-13/h2-8,20H,9-10H2,1H3. The zero-order chi connectivity index (χ0) is 16.9. The van der Waals surface area contributed by atoms with E-state index in [2.05, 4.69) is 14.9 Å². The molecule has 0 bridgehead atoms. The van der Waals surface area contributed by atoms with Crippen LogP contribution in [0.15, 0.2) is 52.2 Å². The van der Waals surface area contributed by atoms with E-state index in [1.807, 2.05) is 10.6 Å². The lowest BCUT2D eigenvalue weighted by atomic mass is 10.2. The van der Waals surface area contributed by atoms with Crippen LogP contribution in [-0.4, -0.2) is 38.7 Å². The van der Waals surface area contributed by atoms with E-state index in [1.54, 1.807) is 36.6 Å². The highest BCUT2D eigenvalue weighted by atomic mass is 32.2. The van der Waals surface area contributed by atoms with Crippen molar-refractivity contribution in [3.8, 4) is 17.1 Å². The molecule has 0 spiro atoms. The van der Waals surface area contributed by atoms with Crippen LogP contribution in [0.25, 0.3) is 11.4 Å². The first-order valence-corrected chi connectivity index (χ1v) is 8.10. The molecule has 0 fully saturated rings. The quantitative estimate of drug-likeness (QED) is 0.542. The monoisotopic (exact) mass is 345 g/mol. The van der Waals surface area contributed by atoms with Crippen molar-refractivity contribution in [2.24, 2.45) is 0 Å². The number of aromatic hydroxyl groups is 1. The second-order valence-electron chi connectivity index (χ2n) is 4.88. The van der Waals surface area contributed by atoms with Crippen molar-refractivity contribution in [1.29, 1.82) is 0 Å². The molecule has 0 aliphatic heterocycles. The number of rotatable bonds is 6. The van der Waals surface area contributed by atoms with Crippen molar-refractivity contribution in [3.63, 3.8) is 0 Å². The van der Waals surface area contributed by atoms with E-state index in [1.165, 1.54) is 18.9 Å². The first-order valence-electron chi connectivity index (χ1n) is 7.12. The van der Waals surface area contributed by atoms with Crippen molar-refractivity contribution in [1.82, 2.24) is 14.8 Å². The predicted molar refractivity (Wildman–Crippen MR) is 87.7 cm³/mol. The van der Waals surface area contributed by atoms with Crippen molar-refractivity contribution in [3.05, 3.63) is 48.4 Å². The number of carbonyl (C=O) groups is 1. The van der Waals surface area contributed by atoms with Crippen LogP contribution in [0.2, 0.25) is 0 Å². The summed E-state index contributed by atoms with van der Waals surface area (Å²) in [5.41, 5.74) is 0.803. The molecule has 8 heteroatoms. The normalized spacial score (nSPS) is 10.7. The Morgan fingerprint density at radius 1 is 1.29 bits per heavy atom. The van der Waals surface area contributed by atoms with Gasteiger partial charge in [-0.15, -0.1) is 10.2 Å². The highest BCUT2D eigenvalue weighted by Crippen LogP contribution is 2.26. The minimum Gasteiger partial charge on any atom is -0.508 e. The second kappa shape index (κ2) is 7.22. The number of thioether (sulfide) groups is 1. The summed E-state index contributed by atoms with van der Waals surface area (Å²) in [6.07, 6.45) is 1.60.